The number of ether oxygens (including phenoxy) is 1. The molecule has 0 aromatic carbocycles. The topological polar surface area (TPSA) is 72.4 Å². The molecule has 0 aliphatic carbocycles. The molecule has 0 N–H and O–H groups in total. The Morgan fingerprint density at radius 2 is 2.28 bits per heavy atom. The Kier molecular flexibility index (Phi) is 3.86. The molecular formula is C12H15N3O3. The summed E-state index contributed by atoms with van der Waals surface area (Å²) in [5, 5.41) is 0. The van der Waals surface area contributed by atoms with E-state index in [1.807, 2.05) is 4.90 Å². The zero-order valence-corrected chi connectivity index (χ0v) is 10.2. The van der Waals surface area contributed by atoms with Crippen LogP contribution in [0.1, 0.15) is 29.8 Å². The van der Waals surface area contributed by atoms with Crippen LogP contribution in [-0.4, -0.2) is 41.9 Å². The van der Waals surface area contributed by atoms with Crippen LogP contribution in [0.5, 0.6) is 0 Å². The number of hydrogen-bond acceptors (Lipinski definition) is 6. The molecule has 1 aromatic rings. The summed E-state index contributed by atoms with van der Waals surface area (Å²) in [5.74, 6) is 0.353. The lowest BCUT2D eigenvalue weighted by Gasteiger charge is -2.34. The van der Waals surface area contributed by atoms with Gasteiger partial charge in [0, 0.05) is 6.54 Å². The number of anilines is 1. The van der Waals surface area contributed by atoms with E-state index in [0.717, 1.165) is 25.8 Å². The predicted octanol–water partition coefficient (Wildman–Crippen LogP) is 0.821. The van der Waals surface area contributed by atoms with Crippen LogP contribution in [0, 0.1) is 0 Å². The third kappa shape index (κ3) is 2.47. The van der Waals surface area contributed by atoms with E-state index in [1.54, 1.807) is 0 Å². The fraction of sp³-hybridized carbons (Fsp3) is 0.500. The van der Waals surface area contributed by atoms with Crippen LogP contribution in [0.3, 0.4) is 0 Å². The molecule has 1 aliphatic heterocycles. The zero-order chi connectivity index (χ0) is 13.0. The number of piperidine rings is 1. The minimum atomic E-state index is -0.305. The number of rotatable bonds is 3. The molecule has 1 atom stereocenters. The van der Waals surface area contributed by atoms with E-state index in [-0.39, 0.29) is 17.7 Å². The number of methoxy groups -OCH3 is 1. The molecule has 6 nitrogen and oxygen atoms in total. The first kappa shape index (κ1) is 12.5. The highest BCUT2D eigenvalue weighted by atomic mass is 16.5. The summed E-state index contributed by atoms with van der Waals surface area (Å²) in [4.78, 5) is 32.2. The van der Waals surface area contributed by atoms with Gasteiger partial charge in [-0.1, -0.05) is 0 Å². The summed E-state index contributed by atoms with van der Waals surface area (Å²) in [6.45, 7) is 0.745. The van der Waals surface area contributed by atoms with Crippen molar-refractivity contribution in [3.8, 4) is 0 Å². The van der Waals surface area contributed by atoms with Gasteiger partial charge in [0.05, 0.1) is 19.5 Å². The zero-order valence-electron chi connectivity index (χ0n) is 10.2. The first-order valence-corrected chi connectivity index (χ1v) is 5.88. The van der Waals surface area contributed by atoms with Crippen molar-refractivity contribution in [1.29, 1.82) is 0 Å². The highest BCUT2D eigenvalue weighted by Gasteiger charge is 2.30. The van der Waals surface area contributed by atoms with Crippen LogP contribution in [-0.2, 0) is 9.53 Å². The molecule has 6 heteroatoms. The maximum atomic E-state index is 11.7. The molecule has 0 saturated carbocycles. The van der Waals surface area contributed by atoms with E-state index in [4.69, 9.17) is 4.74 Å². The summed E-state index contributed by atoms with van der Waals surface area (Å²) in [7, 11) is 1.39. The lowest BCUT2D eigenvalue weighted by Crippen LogP contribution is -2.45. The average molecular weight is 249 g/mol. The van der Waals surface area contributed by atoms with Gasteiger partial charge in [-0.15, -0.1) is 0 Å². The van der Waals surface area contributed by atoms with Crippen molar-refractivity contribution in [3.63, 3.8) is 0 Å². The van der Waals surface area contributed by atoms with Gasteiger partial charge >= 0.3 is 5.97 Å². The molecule has 1 saturated heterocycles. The number of esters is 1. The van der Waals surface area contributed by atoms with Crippen molar-refractivity contribution in [2.45, 2.75) is 25.3 Å². The van der Waals surface area contributed by atoms with Crippen LogP contribution in [0.25, 0.3) is 0 Å². The van der Waals surface area contributed by atoms with Gasteiger partial charge < -0.3 is 9.64 Å². The van der Waals surface area contributed by atoms with Crippen LogP contribution in [0.2, 0.25) is 0 Å². The third-order valence-electron chi connectivity index (χ3n) is 3.05. The van der Waals surface area contributed by atoms with Crippen LogP contribution < -0.4 is 4.90 Å². The largest absolute Gasteiger partial charge is 0.467 e. The average Bonchev–Trinajstić information content (AvgIpc) is 2.46. The summed E-state index contributed by atoms with van der Waals surface area (Å²) in [6.07, 6.45) is 6.32. The van der Waals surface area contributed by atoms with E-state index in [0.29, 0.717) is 12.1 Å². The molecule has 0 spiro atoms. The van der Waals surface area contributed by atoms with E-state index in [9.17, 15) is 9.59 Å². The molecular weight excluding hydrogens is 234 g/mol. The second-order valence-corrected chi connectivity index (χ2v) is 4.15. The molecule has 0 radical (unpaired) electrons. The quantitative estimate of drug-likeness (QED) is 0.583. The van der Waals surface area contributed by atoms with Gasteiger partial charge in [-0.3, -0.25) is 4.79 Å². The lowest BCUT2D eigenvalue weighted by molar-refractivity contribution is -0.142. The van der Waals surface area contributed by atoms with E-state index in [1.165, 1.54) is 19.5 Å². The highest BCUT2D eigenvalue weighted by molar-refractivity contribution is 5.80. The minimum Gasteiger partial charge on any atom is -0.467 e. The van der Waals surface area contributed by atoms with Crippen molar-refractivity contribution < 1.29 is 14.3 Å². The Hall–Kier alpha value is -1.98. The van der Waals surface area contributed by atoms with Crippen LogP contribution in [0.4, 0.5) is 5.82 Å². The number of carbonyl (C=O) groups is 2. The molecule has 0 bridgehead atoms. The van der Waals surface area contributed by atoms with Crippen LogP contribution in [0.15, 0.2) is 12.4 Å². The van der Waals surface area contributed by atoms with Gasteiger partial charge in [0.25, 0.3) is 0 Å². The van der Waals surface area contributed by atoms with Gasteiger partial charge in [0.1, 0.15) is 17.6 Å². The number of aromatic nitrogens is 2. The number of nitrogens with zero attached hydrogens (tertiary/aromatic N) is 3. The Morgan fingerprint density at radius 1 is 1.44 bits per heavy atom. The number of carbonyl (C=O) groups excluding carboxylic acids is 2. The molecule has 0 amide bonds. The second kappa shape index (κ2) is 5.57. The van der Waals surface area contributed by atoms with Gasteiger partial charge in [0.15, 0.2) is 6.29 Å². The van der Waals surface area contributed by atoms with E-state index < -0.39 is 0 Å². The third-order valence-corrected chi connectivity index (χ3v) is 3.05. The smallest absolute Gasteiger partial charge is 0.328 e. The van der Waals surface area contributed by atoms with Gasteiger partial charge in [-0.25, -0.2) is 14.8 Å². The molecule has 1 aliphatic rings. The highest BCUT2D eigenvalue weighted by Crippen LogP contribution is 2.23. The molecule has 96 valence electrons. The molecule has 2 rings (SSSR count). The summed E-state index contributed by atoms with van der Waals surface area (Å²) in [5.41, 5.74) is 0.283. The number of aldehydes is 1. The monoisotopic (exact) mass is 249 g/mol. The second-order valence-electron chi connectivity index (χ2n) is 4.15. The van der Waals surface area contributed by atoms with Crippen molar-refractivity contribution in [3.05, 3.63) is 18.1 Å². The van der Waals surface area contributed by atoms with Gasteiger partial charge in [0.2, 0.25) is 0 Å². The number of hydrogen-bond donors (Lipinski definition) is 0. The molecule has 2 heterocycles. The lowest BCUT2D eigenvalue weighted by atomic mass is 10.0. The van der Waals surface area contributed by atoms with Gasteiger partial charge in [-0.05, 0) is 19.3 Å². The van der Waals surface area contributed by atoms with Gasteiger partial charge in [-0.2, -0.15) is 0 Å². The Morgan fingerprint density at radius 3 is 2.89 bits per heavy atom. The molecule has 18 heavy (non-hydrogen) atoms. The summed E-state index contributed by atoms with van der Waals surface area (Å²) in [6, 6.07) is -0.305. The van der Waals surface area contributed by atoms with Crippen molar-refractivity contribution in [1.82, 2.24) is 9.97 Å². The van der Waals surface area contributed by atoms with E-state index >= 15 is 0 Å². The van der Waals surface area contributed by atoms with Crippen molar-refractivity contribution in [2.24, 2.45) is 0 Å². The summed E-state index contributed by atoms with van der Waals surface area (Å²) < 4.78 is 4.80. The molecule has 1 unspecified atom stereocenters. The first-order valence-electron chi connectivity index (χ1n) is 5.88. The van der Waals surface area contributed by atoms with Crippen molar-refractivity contribution >= 4 is 18.1 Å². The normalized spacial score (nSPS) is 19.4. The Bertz CT molecular complexity index is 433. The van der Waals surface area contributed by atoms with E-state index in [2.05, 4.69) is 9.97 Å². The Labute approximate surface area is 105 Å². The van der Waals surface area contributed by atoms with Crippen molar-refractivity contribution in [2.75, 3.05) is 18.6 Å². The maximum Gasteiger partial charge on any atom is 0.328 e. The fourth-order valence-electron chi connectivity index (χ4n) is 2.13. The molecule has 1 aromatic heterocycles. The van der Waals surface area contributed by atoms with Crippen LogP contribution >= 0.6 is 0 Å². The minimum absolute atomic E-state index is 0.254. The SMILES string of the molecule is COC(=O)C1CCCCN1c1cnc(C=O)cn1. The molecule has 1 fully saturated rings. The first-order chi connectivity index (χ1) is 8.76. The predicted molar refractivity (Wildman–Crippen MR) is 64.4 cm³/mol. The maximum absolute atomic E-state index is 11.7. The standard InChI is InChI=1S/C12H15N3O3/c1-18-12(17)10-4-2-3-5-15(10)11-7-13-9(8-16)6-14-11/h6-8,10H,2-5H2,1H3. The summed E-state index contributed by atoms with van der Waals surface area (Å²) >= 11 is 0. The Balaban J connectivity index is 2.21. The fourth-order valence-corrected chi connectivity index (χ4v) is 2.13.